The number of nitrogens with zero attached hydrogens (tertiary/aromatic N) is 1. The Morgan fingerprint density at radius 2 is 2.22 bits per heavy atom. The number of nitrogens with one attached hydrogen (secondary N) is 1. The number of thioether (sulfide) groups is 1. The van der Waals surface area contributed by atoms with Gasteiger partial charge in [0.05, 0.1) is 17.1 Å². The fourth-order valence-corrected chi connectivity index (χ4v) is 2.48. The molecule has 0 saturated heterocycles. The monoisotopic (exact) mass is 283 g/mol. The van der Waals surface area contributed by atoms with Gasteiger partial charge in [0.2, 0.25) is 11.8 Å². The predicted molar refractivity (Wildman–Crippen MR) is 72.7 cm³/mol. The van der Waals surface area contributed by atoms with Crippen LogP contribution in [0.1, 0.15) is 6.42 Å². The van der Waals surface area contributed by atoms with Gasteiger partial charge in [0.1, 0.15) is 5.25 Å². The summed E-state index contributed by atoms with van der Waals surface area (Å²) in [5, 5.41) is 2.66. The zero-order valence-corrected chi connectivity index (χ0v) is 10.8. The Morgan fingerprint density at radius 1 is 1.50 bits per heavy atom. The van der Waals surface area contributed by atoms with Gasteiger partial charge >= 0.3 is 0 Å². The molecule has 3 N–H and O–H groups in total. The van der Waals surface area contributed by atoms with Crippen LogP contribution in [0.4, 0.5) is 5.69 Å². The number of amides is 2. The number of nitrogens with two attached hydrogens (primary N) is 1. The number of halogens is 1. The molecule has 0 saturated carbocycles. The lowest BCUT2D eigenvalue weighted by atomic mass is 10.2. The molecule has 0 fully saturated rings. The van der Waals surface area contributed by atoms with Crippen LogP contribution in [0.25, 0.3) is 0 Å². The van der Waals surface area contributed by atoms with Gasteiger partial charge in [0.25, 0.3) is 0 Å². The molecular weight excluding hydrogens is 274 g/mol. The van der Waals surface area contributed by atoms with Gasteiger partial charge in [-0.2, -0.15) is 4.99 Å². The number of amidine groups is 1. The Balaban J connectivity index is 2.07. The van der Waals surface area contributed by atoms with Gasteiger partial charge in [0, 0.05) is 0 Å². The number of aliphatic imine (C=N–C) groups is 1. The van der Waals surface area contributed by atoms with Crippen molar-refractivity contribution in [1.29, 1.82) is 0 Å². The van der Waals surface area contributed by atoms with Gasteiger partial charge in [-0.05, 0) is 12.1 Å². The molecule has 1 aliphatic heterocycles. The average molecular weight is 284 g/mol. The van der Waals surface area contributed by atoms with Crippen LogP contribution in [0.2, 0.25) is 5.02 Å². The first-order valence-corrected chi connectivity index (χ1v) is 6.41. The Bertz CT molecular complexity index is 533. The standard InChI is InChI=1S/C11H10ClN3O2S/c12-6-3-1-2-4-7(6)14-10(17)8-5-9(16)15-11(13)18-8/h1-4,8H,5H2,(H,14,17)(H2,13,15,16). The molecule has 0 aromatic heterocycles. The smallest absolute Gasteiger partial charge is 0.249 e. The molecule has 0 bridgehead atoms. The van der Waals surface area contributed by atoms with Crippen molar-refractivity contribution in [3.05, 3.63) is 29.3 Å². The number of hydrogen-bond acceptors (Lipinski definition) is 4. The molecule has 1 aromatic carbocycles. The lowest BCUT2D eigenvalue weighted by Crippen LogP contribution is -2.33. The summed E-state index contributed by atoms with van der Waals surface area (Å²) >= 11 is 7.00. The number of carbonyl (C=O) groups is 2. The lowest BCUT2D eigenvalue weighted by Gasteiger charge is -2.18. The molecule has 94 valence electrons. The summed E-state index contributed by atoms with van der Waals surface area (Å²) in [6.45, 7) is 0. The summed E-state index contributed by atoms with van der Waals surface area (Å²) in [6.07, 6.45) is 0.0433. The quantitative estimate of drug-likeness (QED) is 0.864. The maximum atomic E-state index is 12.0. The van der Waals surface area contributed by atoms with Crippen molar-refractivity contribution < 1.29 is 9.59 Å². The third kappa shape index (κ3) is 3.02. The summed E-state index contributed by atoms with van der Waals surface area (Å²) in [6, 6.07) is 6.89. The molecule has 1 unspecified atom stereocenters. The fraction of sp³-hybridized carbons (Fsp3) is 0.182. The number of para-hydroxylation sites is 1. The Hall–Kier alpha value is -1.53. The van der Waals surface area contributed by atoms with Crippen LogP contribution in [0, 0.1) is 0 Å². The van der Waals surface area contributed by atoms with E-state index < -0.39 is 5.25 Å². The van der Waals surface area contributed by atoms with Crippen molar-refractivity contribution in [2.24, 2.45) is 10.7 Å². The van der Waals surface area contributed by atoms with E-state index in [1.807, 2.05) is 0 Å². The molecule has 2 rings (SSSR count). The first kappa shape index (κ1) is 12.9. The van der Waals surface area contributed by atoms with E-state index in [2.05, 4.69) is 10.3 Å². The number of anilines is 1. The van der Waals surface area contributed by atoms with Crippen molar-refractivity contribution in [3.63, 3.8) is 0 Å². The topological polar surface area (TPSA) is 84.5 Å². The van der Waals surface area contributed by atoms with E-state index in [4.69, 9.17) is 17.3 Å². The minimum Gasteiger partial charge on any atom is -0.378 e. The minimum absolute atomic E-state index is 0.0433. The second-order valence-corrected chi connectivity index (χ2v) is 5.25. The number of rotatable bonds is 2. The van der Waals surface area contributed by atoms with Gasteiger partial charge < -0.3 is 11.1 Å². The van der Waals surface area contributed by atoms with Crippen LogP contribution in [0.15, 0.2) is 29.3 Å². The molecule has 18 heavy (non-hydrogen) atoms. The number of hydrogen-bond donors (Lipinski definition) is 2. The zero-order chi connectivity index (χ0) is 13.1. The van der Waals surface area contributed by atoms with Crippen molar-refractivity contribution in [3.8, 4) is 0 Å². The summed E-state index contributed by atoms with van der Waals surface area (Å²) < 4.78 is 0. The molecule has 2 amide bonds. The molecule has 0 spiro atoms. The first-order chi connectivity index (χ1) is 8.56. The third-order valence-corrected chi connectivity index (χ3v) is 3.61. The summed E-state index contributed by atoms with van der Waals surface area (Å²) in [7, 11) is 0. The van der Waals surface area contributed by atoms with E-state index in [0.29, 0.717) is 10.7 Å². The molecule has 1 aliphatic rings. The average Bonchev–Trinajstić information content (AvgIpc) is 2.31. The highest BCUT2D eigenvalue weighted by Gasteiger charge is 2.28. The van der Waals surface area contributed by atoms with Crippen molar-refractivity contribution in [2.45, 2.75) is 11.7 Å². The van der Waals surface area contributed by atoms with E-state index in [0.717, 1.165) is 11.8 Å². The van der Waals surface area contributed by atoms with Crippen molar-refractivity contribution in [1.82, 2.24) is 0 Å². The van der Waals surface area contributed by atoms with Crippen LogP contribution in [0.3, 0.4) is 0 Å². The maximum Gasteiger partial charge on any atom is 0.249 e. The van der Waals surface area contributed by atoms with Crippen LogP contribution >= 0.6 is 23.4 Å². The van der Waals surface area contributed by atoms with Crippen molar-refractivity contribution in [2.75, 3.05) is 5.32 Å². The highest BCUT2D eigenvalue weighted by Crippen LogP contribution is 2.25. The SMILES string of the molecule is NC1=NC(=O)CC(C(=O)Nc2ccccc2Cl)S1. The second kappa shape index (κ2) is 5.41. The lowest BCUT2D eigenvalue weighted by molar-refractivity contribution is -0.121. The second-order valence-electron chi connectivity index (χ2n) is 3.62. The number of benzene rings is 1. The predicted octanol–water partition coefficient (Wildman–Crippen LogP) is 1.63. The van der Waals surface area contributed by atoms with Gasteiger partial charge in [0.15, 0.2) is 5.17 Å². The highest BCUT2D eigenvalue weighted by molar-refractivity contribution is 8.15. The molecule has 7 heteroatoms. The third-order valence-electron chi connectivity index (χ3n) is 2.28. The van der Waals surface area contributed by atoms with Gasteiger partial charge in [-0.25, -0.2) is 0 Å². The van der Waals surface area contributed by atoms with Crippen LogP contribution in [-0.4, -0.2) is 22.2 Å². The molecule has 5 nitrogen and oxygen atoms in total. The van der Waals surface area contributed by atoms with Crippen LogP contribution in [-0.2, 0) is 9.59 Å². The molecule has 1 heterocycles. The summed E-state index contributed by atoms with van der Waals surface area (Å²) in [5.74, 6) is -0.690. The van der Waals surface area contributed by atoms with E-state index in [9.17, 15) is 9.59 Å². The van der Waals surface area contributed by atoms with E-state index in [1.165, 1.54) is 0 Å². The maximum absolute atomic E-state index is 12.0. The van der Waals surface area contributed by atoms with Crippen LogP contribution < -0.4 is 11.1 Å². The zero-order valence-electron chi connectivity index (χ0n) is 9.22. The van der Waals surface area contributed by atoms with Gasteiger partial charge in [-0.1, -0.05) is 35.5 Å². The highest BCUT2D eigenvalue weighted by atomic mass is 35.5. The molecule has 0 radical (unpaired) electrons. The fourth-order valence-electron chi connectivity index (χ4n) is 1.46. The molecule has 0 aliphatic carbocycles. The van der Waals surface area contributed by atoms with E-state index in [1.54, 1.807) is 24.3 Å². The van der Waals surface area contributed by atoms with Gasteiger partial charge in [-0.15, -0.1) is 0 Å². The Labute approximate surface area is 113 Å². The molecular formula is C11H10ClN3O2S. The largest absolute Gasteiger partial charge is 0.378 e. The summed E-state index contributed by atoms with van der Waals surface area (Å²) in [4.78, 5) is 26.7. The van der Waals surface area contributed by atoms with Gasteiger partial charge in [-0.3, -0.25) is 9.59 Å². The number of carbonyl (C=O) groups excluding carboxylic acids is 2. The first-order valence-electron chi connectivity index (χ1n) is 5.15. The molecule has 1 aromatic rings. The summed E-state index contributed by atoms with van der Waals surface area (Å²) in [5.41, 5.74) is 5.98. The van der Waals surface area contributed by atoms with Crippen molar-refractivity contribution >= 4 is 46.0 Å². The molecule has 1 atom stereocenters. The Kier molecular flexibility index (Phi) is 3.88. The van der Waals surface area contributed by atoms with E-state index in [-0.39, 0.29) is 23.4 Å². The van der Waals surface area contributed by atoms with Crippen LogP contribution in [0.5, 0.6) is 0 Å². The van der Waals surface area contributed by atoms with E-state index >= 15 is 0 Å². The normalized spacial score (nSPS) is 19.3. The minimum atomic E-state index is -0.564. The Morgan fingerprint density at radius 3 is 2.89 bits per heavy atom.